The first kappa shape index (κ1) is 49.5. The molecule has 0 N–H and O–H groups in total. The predicted molar refractivity (Wildman–Crippen MR) is 354 cm³/mol. The smallest absolute Gasteiger partial charge is 0.137 e. The summed E-state index contributed by atoms with van der Waals surface area (Å²) in [6, 6.07) is 92.7. The van der Waals surface area contributed by atoms with Crippen molar-refractivity contribution < 1.29 is 8.83 Å². The summed E-state index contributed by atoms with van der Waals surface area (Å²) in [6.45, 7) is 13.6. The van der Waals surface area contributed by atoms with Crippen molar-refractivity contribution in [2.45, 2.75) is 52.4 Å². The van der Waals surface area contributed by atoms with Crippen molar-refractivity contribution in [2.75, 3.05) is 9.80 Å². The second-order valence-corrected chi connectivity index (χ2v) is 24.6. The minimum atomic E-state index is 0.0568. The van der Waals surface area contributed by atoms with E-state index in [2.05, 4.69) is 315 Å². The molecule has 6 nitrogen and oxygen atoms in total. The van der Waals surface area contributed by atoms with Gasteiger partial charge in [0.15, 0.2) is 0 Å². The predicted octanol–water partition coefficient (Wildman–Crippen LogP) is 22.4. The van der Waals surface area contributed by atoms with Gasteiger partial charge in [0.25, 0.3) is 0 Å². The maximum absolute atomic E-state index is 6.88. The molecule has 16 aromatic rings. The monoisotopic (exact) mass is 1080 g/mol. The van der Waals surface area contributed by atoms with E-state index in [0.717, 1.165) is 111 Å². The average molecular weight is 1090 g/mol. The Morgan fingerprint density at radius 1 is 0.262 bits per heavy atom. The lowest BCUT2D eigenvalue weighted by molar-refractivity contribution is 0.590. The highest BCUT2D eigenvalue weighted by Crippen LogP contribution is 2.47. The van der Waals surface area contributed by atoms with E-state index in [1.807, 2.05) is 0 Å². The maximum Gasteiger partial charge on any atom is 0.137 e. The van der Waals surface area contributed by atoms with Crippen LogP contribution >= 0.6 is 0 Å². The van der Waals surface area contributed by atoms with Gasteiger partial charge in [-0.2, -0.15) is 0 Å². The largest absolute Gasteiger partial charge is 0.456 e. The Kier molecular flexibility index (Phi) is 11.0. The Hall–Kier alpha value is -10.3. The number of fused-ring (bicyclic) bond motifs is 15. The molecule has 4 heterocycles. The van der Waals surface area contributed by atoms with Crippen LogP contribution in [0.4, 0.5) is 34.1 Å². The fourth-order valence-electron chi connectivity index (χ4n) is 13.2. The Labute approximate surface area is 487 Å². The van der Waals surface area contributed by atoms with Crippen LogP contribution in [0.15, 0.2) is 264 Å². The molecule has 6 heteroatoms. The highest BCUT2D eigenvalue weighted by Gasteiger charge is 2.24. The van der Waals surface area contributed by atoms with E-state index in [4.69, 9.17) is 8.83 Å². The third-order valence-electron chi connectivity index (χ3n) is 17.4. The van der Waals surface area contributed by atoms with Crippen LogP contribution < -0.4 is 9.80 Å². The molecular weight excluding hydrogens is 1020 g/mol. The number of para-hydroxylation sites is 4. The molecule has 4 aromatic heterocycles. The van der Waals surface area contributed by atoms with E-state index in [1.165, 1.54) is 43.7 Å². The van der Waals surface area contributed by atoms with E-state index in [1.54, 1.807) is 0 Å². The molecule has 0 saturated heterocycles. The Morgan fingerprint density at radius 3 is 0.988 bits per heavy atom. The molecule has 0 unspecified atom stereocenters. The SMILES string of the molecule is CC(C)(C)c1ccc(-n2c3ccccc3c3ccc(N(c4ccccc4)c4ccc5c(c4)oc4ccc6c(ccc7oc8cc(N(c9ccccc9)c9ccc%10c%11ccccc%11n(-c%11ccc(C(C)(C)C)cc%11)c%10c9)ccc8c76)c45)cc32)cc1. The van der Waals surface area contributed by atoms with Crippen LogP contribution in [0, 0.1) is 0 Å². The number of furan rings is 2. The van der Waals surface area contributed by atoms with Gasteiger partial charge in [-0.25, -0.2) is 0 Å². The summed E-state index contributed by atoms with van der Waals surface area (Å²) in [5, 5.41) is 11.4. The molecule has 0 aliphatic rings. The number of benzene rings is 12. The van der Waals surface area contributed by atoms with Gasteiger partial charge >= 0.3 is 0 Å². The number of nitrogens with zero attached hydrogens (tertiary/aromatic N) is 4. The van der Waals surface area contributed by atoms with Crippen LogP contribution in [-0.4, -0.2) is 9.13 Å². The Bertz CT molecular complexity index is 4930. The van der Waals surface area contributed by atoms with E-state index in [0.29, 0.717) is 0 Å². The summed E-state index contributed by atoms with van der Waals surface area (Å²) >= 11 is 0. The van der Waals surface area contributed by atoms with Crippen LogP contribution in [0.5, 0.6) is 0 Å². The molecule has 84 heavy (non-hydrogen) atoms. The topological polar surface area (TPSA) is 42.6 Å². The van der Waals surface area contributed by atoms with Crippen molar-refractivity contribution in [3.05, 3.63) is 266 Å². The molecule has 0 aliphatic carbocycles. The number of rotatable bonds is 8. The summed E-state index contributed by atoms with van der Waals surface area (Å²) in [7, 11) is 0. The van der Waals surface area contributed by atoms with E-state index >= 15 is 0 Å². The fourth-order valence-corrected chi connectivity index (χ4v) is 13.2. The lowest BCUT2D eigenvalue weighted by Crippen LogP contribution is -2.11. The van der Waals surface area contributed by atoms with Gasteiger partial charge < -0.3 is 27.8 Å². The average Bonchev–Trinajstić information content (AvgIpc) is 1.97. The summed E-state index contributed by atoms with van der Waals surface area (Å²) in [5.74, 6) is 0. The number of hydrogen-bond acceptors (Lipinski definition) is 4. The van der Waals surface area contributed by atoms with Crippen LogP contribution in [0.1, 0.15) is 52.7 Å². The molecule has 0 radical (unpaired) electrons. The van der Waals surface area contributed by atoms with Gasteiger partial charge in [0, 0.05) is 101 Å². The quantitative estimate of drug-likeness (QED) is 0.152. The van der Waals surface area contributed by atoms with Crippen molar-refractivity contribution in [3.8, 4) is 11.4 Å². The highest BCUT2D eigenvalue weighted by molar-refractivity contribution is 6.28. The molecule has 404 valence electrons. The van der Waals surface area contributed by atoms with Crippen molar-refractivity contribution in [3.63, 3.8) is 0 Å². The highest BCUT2D eigenvalue weighted by atomic mass is 16.3. The number of anilines is 6. The van der Waals surface area contributed by atoms with Gasteiger partial charge in [-0.15, -0.1) is 0 Å². The van der Waals surface area contributed by atoms with Gasteiger partial charge in [0.2, 0.25) is 0 Å². The second kappa shape index (κ2) is 18.6. The van der Waals surface area contributed by atoms with E-state index < -0.39 is 0 Å². The lowest BCUT2D eigenvalue weighted by Gasteiger charge is -2.25. The molecule has 0 aliphatic heterocycles. The molecule has 0 amide bonds. The summed E-state index contributed by atoms with van der Waals surface area (Å²) < 4.78 is 18.6. The van der Waals surface area contributed by atoms with Crippen LogP contribution in [0.2, 0.25) is 0 Å². The second-order valence-electron chi connectivity index (χ2n) is 24.6. The first-order valence-corrected chi connectivity index (χ1v) is 29.1. The molecular formula is C78H60N4O2. The standard InChI is InChI=1S/C78H60N4O2/c1-77(2,3)49-25-29-53(30-26-49)81-67-23-15-13-21-59(67)61-37-33-55(45-69(61)81)79(51-17-9-7-10-18-51)57-35-39-65-73(47-57)83-71-43-41-64-63(75(65)71)42-44-72-76(64)66-40-36-58(48-74(66)84-72)80(52-19-11-8-12-20-52)56-34-38-62-60-22-14-16-24-68(60)82(70(62)46-56)54-31-27-50(28-32-54)78(4,5)6/h7-48H,1-6H3. The molecule has 0 saturated carbocycles. The maximum atomic E-state index is 6.88. The zero-order valence-corrected chi connectivity index (χ0v) is 47.9. The van der Waals surface area contributed by atoms with Gasteiger partial charge in [-0.1, -0.05) is 151 Å². The molecule has 0 spiro atoms. The lowest BCUT2D eigenvalue weighted by atomic mass is 9.87. The Balaban J connectivity index is 0.801. The minimum absolute atomic E-state index is 0.0568. The van der Waals surface area contributed by atoms with E-state index in [9.17, 15) is 0 Å². The van der Waals surface area contributed by atoms with Crippen molar-refractivity contribution in [1.29, 1.82) is 0 Å². The van der Waals surface area contributed by atoms with Crippen molar-refractivity contribution in [2.24, 2.45) is 0 Å². The van der Waals surface area contributed by atoms with Gasteiger partial charge in [-0.05, 0) is 166 Å². The zero-order valence-electron chi connectivity index (χ0n) is 47.9. The summed E-state index contributed by atoms with van der Waals surface area (Å²) in [6.07, 6.45) is 0. The normalized spacial score (nSPS) is 12.4. The minimum Gasteiger partial charge on any atom is -0.456 e. The van der Waals surface area contributed by atoms with Crippen LogP contribution in [0.3, 0.4) is 0 Å². The van der Waals surface area contributed by atoms with Crippen molar-refractivity contribution >= 4 is 132 Å². The molecule has 16 rings (SSSR count). The van der Waals surface area contributed by atoms with Crippen LogP contribution in [0.25, 0.3) is 110 Å². The van der Waals surface area contributed by atoms with E-state index in [-0.39, 0.29) is 10.8 Å². The molecule has 0 bridgehead atoms. The summed E-state index contributed by atoms with van der Waals surface area (Å²) in [4.78, 5) is 4.68. The third-order valence-corrected chi connectivity index (χ3v) is 17.4. The van der Waals surface area contributed by atoms with Crippen molar-refractivity contribution in [1.82, 2.24) is 9.13 Å². The zero-order chi connectivity index (χ0) is 56.6. The van der Waals surface area contributed by atoms with Gasteiger partial charge in [0.05, 0.1) is 22.1 Å². The third kappa shape index (κ3) is 7.85. The Morgan fingerprint density at radius 2 is 0.595 bits per heavy atom. The van der Waals surface area contributed by atoms with Gasteiger partial charge in [0.1, 0.15) is 22.3 Å². The first-order valence-electron chi connectivity index (χ1n) is 29.1. The van der Waals surface area contributed by atoms with Gasteiger partial charge in [-0.3, -0.25) is 0 Å². The molecule has 12 aromatic carbocycles. The van der Waals surface area contributed by atoms with Crippen LogP contribution in [-0.2, 0) is 10.8 Å². The summed E-state index contributed by atoms with van der Waals surface area (Å²) in [5.41, 5.74) is 19.2. The molecule has 0 fully saturated rings. The number of hydrogen-bond donors (Lipinski definition) is 0. The number of aromatic nitrogens is 2. The first-order chi connectivity index (χ1) is 40.9. The molecule has 0 atom stereocenters. The fraction of sp³-hybridized carbons (Fsp3) is 0.103.